The highest BCUT2D eigenvalue weighted by Gasteiger charge is 2.08. The van der Waals surface area contributed by atoms with Gasteiger partial charge in [-0.25, -0.2) is 4.39 Å². The Labute approximate surface area is 127 Å². The maximum absolute atomic E-state index is 12.9. The Balaban J connectivity index is 2.04. The highest BCUT2D eigenvalue weighted by Crippen LogP contribution is 2.23. The second kappa shape index (κ2) is 6.86. The molecule has 1 N–H and O–H groups in total. The van der Waals surface area contributed by atoms with Crippen molar-refractivity contribution < 1.29 is 9.13 Å². The van der Waals surface area contributed by atoms with Crippen molar-refractivity contribution in [2.24, 2.45) is 0 Å². The first-order chi connectivity index (χ1) is 9.60. The van der Waals surface area contributed by atoms with Crippen LogP contribution in [0.4, 0.5) is 4.39 Å². The molecule has 2 rings (SSSR count). The molecule has 0 heterocycles. The summed E-state index contributed by atoms with van der Waals surface area (Å²) >= 11 is 3.46. The third kappa shape index (κ3) is 3.81. The molecule has 4 heteroatoms. The first kappa shape index (κ1) is 15.0. The molecule has 0 amide bonds. The molecule has 2 nitrogen and oxygen atoms in total. The molecule has 0 spiro atoms. The summed E-state index contributed by atoms with van der Waals surface area (Å²) in [5, 5.41) is 3.41. The molecule has 20 heavy (non-hydrogen) atoms. The van der Waals surface area contributed by atoms with Crippen LogP contribution in [0.5, 0.6) is 5.75 Å². The normalized spacial score (nSPS) is 12.2. The number of methoxy groups -OCH3 is 1. The van der Waals surface area contributed by atoms with Gasteiger partial charge in [0.25, 0.3) is 0 Å². The van der Waals surface area contributed by atoms with Gasteiger partial charge in [-0.15, -0.1) is 0 Å². The van der Waals surface area contributed by atoms with Crippen molar-refractivity contribution >= 4 is 15.9 Å². The van der Waals surface area contributed by atoms with Crippen molar-refractivity contribution in [3.63, 3.8) is 0 Å². The molecule has 0 radical (unpaired) electrons. The zero-order valence-corrected chi connectivity index (χ0v) is 13.1. The Morgan fingerprint density at radius 2 is 1.90 bits per heavy atom. The maximum Gasteiger partial charge on any atom is 0.123 e. The third-order valence-corrected chi connectivity index (χ3v) is 3.70. The molecule has 106 valence electrons. The quantitative estimate of drug-likeness (QED) is 0.870. The van der Waals surface area contributed by atoms with E-state index >= 15 is 0 Å². The van der Waals surface area contributed by atoms with Crippen molar-refractivity contribution in [2.45, 2.75) is 19.5 Å². The van der Waals surface area contributed by atoms with E-state index in [4.69, 9.17) is 4.74 Å². The maximum atomic E-state index is 12.9. The highest BCUT2D eigenvalue weighted by molar-refractivity contribution is 9.10. The molecule has 0 aliphatic carbocycles. The van der Waals surface area contributed by atoms with Gasteiger partial charge in [0.1, 0.15) is 11.6 Å². The van der Waals surface area contributed by atoms with Crippen LogP contribution in [-0.4, -0.2) is 7.11 Å². The minimum absolute atomic E-state index is 0.138. The molecule has 0 saturated carbocycles. The number of hydrogen-bond acceptors (Lipinski definition) is 2. The zero-order chi connectivity index (χ0) is 14.5. The van der Waals surface area contributed by atoms with Gasteiger partial charge in [0.05, 0.1) is 7.11 Å². The Bertz CT molecular complexity index is 571. The molecule has 0 aromatic heterocycles. The first-order valence-electron chi connectivity index (χ1n) is 6.41. The highest BCUT2D eigenvalue weighted by atomic mass is 79.9. The molecule has 0 aliphatic heterocycles. The average molecular weight is 338 g/mol. The Hall–Kier alpha value is -1.39. The smallest absolute Gasteiger partial charge is 0.123 e. The van der Waals surface area contributed by atoms with E-state index in [1.165, 1.54) is 12.1 Å². The van der Waals surface area contributed by atoms with Crippen LogP contribution in [0.25, 0.3) is 0 Å². The van der Waals surface area contributed by atoms with E-state index in [1.807, 2.05) is 18.2 Å². The summed E-state index contributed by atoms with van der Waals surface area (Å²) in [5.41, 5.74) is 2.14. The van der Waals surface area contributed by atoms with Crippen molar-refractivity contribution in [3.05, 3.63) is 63.9 Å². The summed E-state index contributed by atoms with van der Waals surface area (Å²) in [6.07, 6.45) is 0. The van der Waals surface area contributed by atoms with Crippen LogP contribution < -0.4 is 10.1 Å². The lowest BCUT2D eigenvalue weighted by Crippen LogP contribution is -2.18. The lowest BCUT2D eigenvalue weighted by atomic mass is 10.1. The first-order valence-corrected chi connectivity index (χ1v) is 7.20. The van der Waals surface area contributed by atoms with Crippen LogP contribution in [0.3, 0.4) is 0 Å². The topological polar surface area (TPSA) is 21.3 Å². The fourth-order valence-electron chi connectivity index (χ4n) is 2.02. The monoisotopic (exact) mass is 337 g/mol. The number of ether oxygens (including phenoxy) is 1. The predicted octanol–water partition coefficient (Wildman–Crippen LogP) is 4.45. The minimum Gasteiger partial charge on any atom is -0.496 e. The number of halogens is 2. The van der Waals surface area contributed by atoms with E-state index in [9.17, 15) is 4.39 Å². The standard InChI is InChI=1S/C16H17BrFNO/c1-11(12-3-6-15(18)7-4-12)19-10-13-9-14(17)5-8-16(13)20-2/h3-9,11,19H,10H2,1-2H3/t11-/m0/s1. The van der Waals surface area contributed by atoms with Crippen LogP contribution in [0, 0.1) is 5.82 Å². The fraction of sp³-hybridized carbons (Fsp3) is 0.250. The molecule has 0 bridgehead atoms. The van der Waals surface area contributed by atoms with E-state index in [-0.39, 0.29) is 11.9 Å². The SMILES string of the molecule is COc1ccc(Br)cc1CN[C@@H](C)c1ccc(F)cc1. The van der Waals surface area contributed by atoms with Gasteiger partial charge in [0, 0.05) is 22.6 Å². The molecule has 1 atom stereocenters. The van der Waals surface area contributed by atoms with Crippen LogP contribution in [0.15, 0.2) is 46.9 Å². The molecule has 2 aromatic rings. The third-order valence-electron chi connectivity index (χ3n) is 3.21. The summed E-state index contributed by atoms with van der Waals surface area (Å²) in [6, 6.07) is 12.6. The molecule has 2 aromatic carbocycles. The Morgan fingerprint density at radius 3 is 2.55 bits per heavy atom. The Morgan fingerprint density at radius 1 is 1.20 bits per heavy atom. The summed E-state index contributed by atoms with van der Waals surface area (Å²) < 4.78 is 19.3. The van der Waals surface area contributed by atoms with Crippen LogP contribution in [0.2, 0.25) is 0 Å². The zero-order valence-electron chi connectivity index (χ0n) is 11.5. The lowest BCUT2D eigenvalue weighted by molar-refractivity contribution is 0.406. The largest absolute Gasteiger partial charge is 0.496 e. The molecule has 0 fully saturated rings. The van der Waals surface area contributed by atoms with E-state index < -0.39 is 0 Å². The van der Waals surface area contributed by atoms with Gasteiger partial charge in [-0.1, -0.05) is 28.1 Å². The van der Waals surface area contributed by atoms with Crippen LogP contribution in [0.1, 0.15) is 24.1 Å². The van der Waals surface area contributed by atoms with Crippen molar-refractivity contribution in [2.75, 3.05) is 7.11 Å². The molecular formula is C16H17BrFNO. The van der Waals surface area contributed by atoms with Crippen LogP contribution in [-0.2, 0) is 6.54 Å². The fourth-order valence-corrected chi connectivity index (χ4v) is 2.43. The number of hydrogen-bond donors (Lipinski definition) is 1. The van der Waals surface area contributed by atoms with Gasteiger partial charge < -0.3 is 10.1 Å². The van der Waals surface area contributed by atoms with Gasteiger partial charge in [0.15, 0.2) is 0 Å². The van der Waals surface area contributed by atoms with E-state index in [0.717, 1.165) is 21.3 Å². The average Bonchev–Trinajstić information content (AvgIpc) is 2.45. The summed E-state index contributed by atoms with van der Waals surface area (Å²) in [5.74, 6) is 0.640. The van der Waals surface area contributed by atoms with Crippen molar-refractivity contribution in [1.82, 2.24) is 5.32 Å². The van der Waals surface area contributed by atoms with E-state index in [2.05, 4.69) is 28.2 Å². The molecule has 0 aliphatic rings. The second-order valence-corrected chi connectivity index (χ2v) is 5.53. The number of benzene rings is 2. The van der Waals surface area contributed by atoms with Crippen molar-refractivity contribution in [1.29, 1.82) is 0 Å². The van der Waals surface area contributed by atoms with Gasteiger partial charge in [-0.05, 0) is 42.8 Å². The molecule has 0 unspecified atom stereocenters. The van der Waals surface area contributed by atoms with Crippen LogP contribution >= 0.6 is 15.9 Å². The second-order valence-electron chi connectivity index (χ2n) is 4.61. The minimum atomic E-state index is -0.213. The number of nitrogens with one attached hydrogen (secondary N) is 1. The Kier molecular flexibility index (Phi) is 5.15. The lowest BCUT2D eigenvalue weighted by Gasteiger charge is -2.16. The summed E-state index contributed by atoms with van der Waals surface area (Å²) in [6.45, 7) is 2.73. The van der Waals surface area contributed by atoms with Gasteiger partial charge in [-0.3, -0.25) is 0 Å². The summed E-state index contributed by atoms with van der Waals surface area (Å²) in [7, 11) is 1.66. The van der Waals surface area contributed by atoms with E-state index in [0.29, 0.717) is 6.54 Å². The molecular weight excluding hydrogens is 321 g/mol. The van der Waals surface area contributed by atoms with Crippen molar-refractivity contribution in [3.8, 4) is 5.75 Å². The van der Waals surface area contributed by atoms with Gasteiger partial charge in [0.2, 0.25) is 0 Å². The van der Waals surface area contributed by atoms with Gasteiger partial charge >= 0.3 is 0 Å². The number of rotatable bonds is 5. The van der Waals surface area contributed by atoms with Gasteiger partial charge in [-0.2, -0.15) is 0 Å². The summed E-state index contributed by atoms with van der Waals surface area (Å²) in [4.78, 5) is 0. The van der Waals surface area contributed by atoms with E-state index in [1.54, 1.807) is 19.2 Å². The molecule has 0 saturated heterocycles. The predicted molar refractivity (Wildman–Crippen MR) is 82.3 cm³/mol.